The maximum Gasteiger partial charge on any atom is 0.217 e. The first-order valence-electron chi connectivity index (χ1n) is 5.89. The van der Waals surface area contributed by atoms with Gasteiger partial charge in [-0.2, -0.15) is 0 Å². The standard InChI is InChI=1S/C12H15ClFN3O/c1-8(18)16-10-3-2-4-17(7-10)12-11(14)5-9(13)6-15-12/h5-6,10H,2-4,7H2,1H3,(H,16,18). The number of piperidine rings is 1. The molecule has 1 N–H and O–H groups in total. The van der Waals surface area contributed by atoms with Gasteiger partial charge in [0.15, 0.2) is 11.6 Å². The molecule has 1 fully saturated rings. The lowest BCUT2D eigenvalue weighted by Gasteiger charge is -2.33. The van der Waals surface area contributed by atoms with Gasteiger partial charge in [-0.05, 0) is 18.9 Å². The number of anilines is 1. The Morgan fingerprint density at radius 1 is 1.67 bits per heavy atom. The zero-order chi connectivity index (χ0) is 13.1. The van der Waals surface area contributed by atoms with Gasteiger partial charge in [-0.3, -0.25) is 4.79 Å². The van der Waals surface area contributed by atoms with Crippen molar-refractivity contribution in [3.8, 4) is 0 Å². The van der Waals surface area contributed by atoms with E-state index in [1.54, 1.807) is 0 Å². The topological polar surface area (TPSA) is 45.2 Å². The Balaban J connectivity index is 2.10. The molecule has 2 heterocycles. The van der Waals surface area contributed by atoms with Crippen LogP contribution in [0.2, 0.25) is 5.02 Å². The Hall–Kier alpha value is -1.36. The van der Waals surface area contributed by atoms with Crippen LogP contribution in [0.15, 0.2) is 12.3 Å². The number of rotatable bonds is 2. The highest BCUT2D eigenvalue weighted by Crippen LogP contribution is 2.23. The first kappa shape index (κ1) is 13.1. The van der Waals surface area contributed by atoms with Gasteiger partial charge in [0.05, 0.1) is 5.02 Å². The van der Waals surface area contributed by atoms with Gasteiger partial charge >= 0.3 is 0 Å². The predicted octanol–water partition coefficient (Wildman–Crippen LogP) is 1.98. The Morgan fingerprint density at radius 3 is 3.11 bits per heavy atom. The second-order valence-corrected chi connectivity index (χ2v) is 4.88. The predicted molar refractivity (Wildman–Crippen MR) is 68.3 cm³/mol. The summed E-state index contributed by atoms with van der Waals surface area (Å²) in [5, 5.41) is 3.14. The Morgan fingerprint density at radius 2 is 2.44 bits per heavy atom. The van der Waals surface area contributed by atoms with Crippen molar-refractivity contribution in [3.05, 3.63) is 23.1 Å². The van der Waals surface area contributed by atoms with Gasteiger partial charge in [0.25, 0.3) is 0 Å². The van der Waals surface area contributed by atoms with E-state index in [4.69, 9.17) is 11.6 Å². The van der Waals surface area contributed by atoms with Crippen molar-refractivity contribution in [1.82, 2.24) is 10.3 Å². The number of hydrogen-bond acceptors (Lipinski definition) is 3. The van der Waals surface area contributed by atoms with Crippen LogP contribution in [0.3, 0.4) is 0 Å². The molecule has 0 radical (unpaired) electrons. The number of pyridine rings is 1. The van der Waals surface area contributed by atoms with E-state index in [1.807, 2.05) is 4.90 Å². The summed E-state index contributed by atoms with van der Waals surface area (Å²) in [6.45, 7) is 2.80. The minimum absolute atomic E-state index is 0.0492. The zero-order valence-corrected chi connectivity index (χ0v) is 10.9. The molecule has 1 unspecified atom stereocenters. The van der Waals surface area contributed by atoms with Gasteiger partial charge in [0.2, 0.25) is 5.91 Å². The van der Waals surface area contributed by atoms with E-state index in [2.05, 4.69) is 10.3 Å². The molecule has 1 amide bonds. The summed E-state index contributed by atoms with van der Waals surface area (Å²) in [4.78, 5) is 16.9. The molecule has 2 rings (SSSR count). The van der Waals surface area contributed by atoms with Crippen LogP contribution in [-0.4, -0.2) is 30.0 Å². The van der Waals surface area contributed by atoms with E-state index in [0.717, 1.165) is 19.4 Å². The normalized spacial score (nSPS) is 19.7. The minimum atomic E-state index is -0.425. The lowest BCUT2D eigenvalue weighted by Crippen LogP contribution is -2.47. The molecule has 0 aromatic carbocycles. The van der Waals surface area contributed by atoms with Gasteiger partial charge in [0.1, 0.15) is 0 Å². The van der Waals surface area contributed by atoms with Crippen LogP contribution in [0.1, 0.15) is 19.8 Å². The molecule has 0 spiro atoms. The highest BCUT2D eigenvalue weighted by molar-refractivity contribution is 6.30. The zero-order valence-electron chi connectivity index (χ0n) is 10.1. The molecule has 1 saturated heterocycles. The molecule has 0 bridgehead atoms. The highest BCUT2D eigenvalue weighted by atomic mass is 35.5. The van der Waals surface area contributed by atoms with Crippen LogP contribution >= 0.6 is 11.6 Å². The summed E-state index contributed by atoms with van der Waals surface area (Å²) in [7, 11) is 0. The fourth-order valence-corrected chi connectivity index (χ4v) is 2.36. The lowest BCUT2D eigenvalue weighted by molar-refractivity contribution is -0.119. The number of carbonyl (C=O) groups excluding carboxylic acids is 1. The summed E-state index contributed by atoms with van der Waals surface area (Å²) in [6, 6.07) is 1.31. The van der Waals surface area contributed by atoms with Crippen LogP contribution in [-0.2, 0) is 4.79 Å². The monoisotopic (exact) mass is 271 g/mol. The maximum absolute atomic E-state index is 13.7. The Labute approximate surface area is 110 Å². The van der Waals surface area contributed by atoms with Crippen molar-refractivity contribution in [3.63, 3.8) is 0 Å². The number of nitrogens with one attached hydrogen (secondary N) is 1. The SMILES string of the molecule is CC(=O)NC1CCCN(c2ncc(Cl)cc2F)C1. The van der Waals surface area contributed by atoms with Crippen molar-refractivity contribution in [2.75, 3.05) is 18.0 Å². The molecule has 6 heteroatoms. The van der Waals surface area contributed by atoms with Crippen LogP contribution in [0, 0.1) is 5.82 Å². The molecule has 0 aliphatic carbocycles. The van der Waals surface area contributed by atoms with Gasteiger partial charge in [-0.25, -0.2) is 9.37 Å². The molecule has 1 aromatic heterocycles. The summed E-state index contributed by atoms with van der Waals surface area (Å²) in [5.41, 5.74) is 0. The summed E-state index contributed by atoms with van der Waals surface area (Å²) >= 11 is 5.68. The lowest BCUT2D eigenvalue weighted by atomic mass is 10.1. The van der Waals surface area contributed by atoms with Gasteiger partial charge in [-0.15, -0.1) is 0 Å². The number of hydrogen-bond donors (Lipinski definition) is 1. The van der Waals surface area contributed by atoms with E-state index in [0.29, 0.717) is 12.4 Å². The van der Waals surface area contributed by atoms with Crippen molar-refractivity contribution in [1.29, 1.82) is 0 Å². The summed E-state index contributed by atoms with van der Waals surface area (Å²) < 4.78 is 13.7. The first-order valence-corrected chi connectivity index (χ1v) is 6.27. The number of aromatic nitrogens is 1. The van der Waals surface area contributed by atoms with Crippen molar-refractivity contribution in [2.24, 2.45) is 0 Å². The van der Waals surface area contributed by atoms with Gasteiger partial charge in [0, 0.05) is 32.3 Å². The smallest absolute Gasteiger partial charge is 0.217 e. The fraction of sp³-hybridized carbons (Fsp3) is 0.500. The maximum atomic E-state index is 13.7. The highest BCUT2D eigenvalue weighted by Gasteiger charge is 2.23. The molecule has 1 atom stereocenters. The van der Waals surface area contributed by atoms with Crippen LogP contribution < -0.4 is 10.2 Å². The van der Waals surface area contributed by atoms with Gasteiger partial charge in [-0.1, -0.05) is 11.6 Å². The molecule has 4 nitrogen and oxygen atoms in total. The molecule has 0 saturated carbocycles. The number of halogens is 2. The molecule has 98 valence electrons. The summed E-state index contributed by atoms with van der Waals surface area (Å²) in [6.07, 6.45) is 3.24. The Kier molecular flexibility index (Phi) is 4.01. The van der Waals surface area contributed by atoms with E-state index < -0.39 is 5.82 Å². The summed E-state index contributed by atoms with van der Waals surface area (Å²) in [5.74, 6) is -0.188. The van der Waals surface area contributed by atoms with E-state index in [-0.39, 0.29) is 17.0 Å². The van der Waals surface area contributed by atoms with Crippen molar-refractivity contribution in [2.45, 2.75) is 25.8 Å². The van der Waals surface area contributed by atoms with Crippen LogP contribution in [0.25, 0.3) is 0 Å². The fourth-order valence-electron chi connectivity index (χ4n) is 2.21. The Bertz CT molecular complexity index is 455. The van der Waals surface area contributed by atoms with Crippen molar-refractivity contribution >= 4 is 23.3 Å². The number of amides is 1. The van der Waals surface area contributed by atoms with E-state index in [9.17, 15) is 9.18 Å². The molecular formula is C12H15ClFN3O. The second kappa shape index (κ2) is 5.52. The number of carbonyl (C=O) groups is 1. The molecule has 1 aliphatic heterocycles. The average Bonchev–Trinajstić information content (AvgIpc) is 2.28. The molecule has 18 heavy (non-hydrogen) atoms. The third-order valence-corrected chi connectivity index (χ3v) is 3.12. The molecule has 1 aromatic rings. The van der Waals surface area contributed by atoms with E-state index >= 15 is 0 Å². The second-order valence-electron chi connectivity index (χ2n) is 4.44. The molecule has 1 aliphatic rings. The average molecular weight is 272 g/mol. The molecular weight excluding hydrogens is 257 g/mol. The first-order chi connectivity index (χ1) is 8.56. The van der Waals surface area contributed by atoms with Crippen molar-refractivity contribution < 1.29 is 9.18 Å². The van der Waals surface area contributed by atoms with E-state index in [1.165, 1.54) is 19.2 Å². The third-order valence-electron chi connectivity index (χ3n) is 2.92. The van der Waals surface area contributed by atoms with Gasteiger partial charge < -0.3 is 10.2 Å². The third kappa shape index (κ3) is 3.10. The van der Waals surface area contributed by atoms with Crippen LogP contribution in [0.4, 0.5) is 10.2 Å². The largest absolute Gasteiger partial charge is 0.352 e. The quantitative estimate of drug-likeness (QED) is 0.895. The minimum Gasteiger partial charge on any atom is -0.352 e. The number of nitrogens with zero attached hydrogens (tertiary/aromatic N) is 2. The van der Waals surface area contributed by atoms with Crippen LogP contribution in [0.5, 0.6) is 0 Å².